The van der Waals surface area contributed by atoms with Gasteiger partial charge < -0.3 is 18.9 Å². The molecule has 4 aromatic carbocycles. The summed E-state index contributed by atoms with van der Waals surface area (Å²) in [6.07, 6.45) is 3.57. The molecule has 0 fully saturated rings. The predicted octanol–water partition coefficient (Wildman–Crippen LogP) is 7.75. The van der Waals surface area contributed by atoms with E-state index in [1.165, 1.54) is 0 Å². The molecule has 6 nitrogen and oxygen atoms in total. The zero-order valence-corrected chi connectivity index (χ0v) is 22.3. The fraction of sp³-hybridized carbons (Fsp3) is 0.118. The monoisotopic (exact) mass is 528 g/mol. The van der Waals surface area contributed by atoms with Gasteiger partial charge >= 0.3 is 0 Å². The summed E-state index contributed by atoms with van der Waals surface area (Å²) < 4.78 is 23.7. The molecule has 0 atom stereocenters. The number of rotatable bonds is 9. The SMILES string of the molecule is COCOc1c(-c2ccccn2)cc2ccccc2c1-c1c(OCOC)c(-c2ccccn2)cc2ccccc12. The van der Waals surface area contributed by atoms with E-state index in [-0.39, 0.29) is 13.6 Å². The Morgan fingerprint density at radius 3 is 1.35 bits per heavy atom. The molecular weight excluding hydrogens is 500 g/mol. The fourth-order valence-corrected chi connectivity index (χ4v) is 5.11. The second kappa shape index (κ2) is 11.5. The van der Waals surface area contributed by atoms with Crippen LogP contribution in [0, 0.1) is 0 Å². The highest BCUT2D eigenvalue weighted by molar-refractivity contribution is 6.14. The lowest BCUT2D eigenvalue weighted by Crippen LogP contribution is -2.06. The molecule has 2 aromatic heterocycles. The van der Waals surface area contributed by atoms with E-state index in [0.717, 1.165) is 55.2 Å². The number of aromatic nitrogens is 2. The van der Waals surface area contributed by atoms with Crippen LogP contribution in [0.1, 0.15) is 0 Å². The number of benzene rings is 4. The Labute approximate surface area is 232 Å². The zero-order chi connectivity index (χ0) is 27.3. The maximum atomic E-state index is 6.42. The predicted molar refractivity (Wildman–Crippen MR) is 158 cm³/mol. The molecule has 0 aliphatic carbocycles. The summed E-state index contributed by atoms with van der Waals surface area (Å²) in [6, 6.07) is 32.5. The molecule has 0 aliphatic rings. The molecule has 198 valence electrons. The molecule has 0 spiro atoms. The fourth-order valence-electron chi connectivity index (χ4n) is 5.11. The Morgan fingerprint density at radius 2 is 0.950 bits per heavy atom. The van der Waals surface area contributed by atoms with E-state index in [4.69, 9.17) is 18.9 Å². The van der Waals surface area contributed by atoms with Crippen LogP contribution >= 0.6 is 0 Å². The lowest BCUT2D eigenvalue weighted by Gasteiger charge is -2.23. The van der Waals surface area contributed by atoms with Crippen molar-refractivity contribution < 1.29 is 18.9 Å². The normalized spacial score (nSPS) is 11.2. The van der Waals surface area contributed by atoms with Crippen molar-refractivity contribution in [1.29, 1.82) is 0 Å². The van der Waals surface area contributed by atoms with Gasteiger partial charge in [-0.25, -0.2) is 0 Å². The van der Waals surface area contributed by atoms with E-state index in [0.29, 0.717) is 11.5 Å². The van der Waals surface area contributed by atoms with E-state index in [2.05, 4.69) is 46.4 Å². The van der Waals surface area contributed by atoms with E-state index in [1.54, 1.807) is 26.6 Å². The van der Waals surface area contributed by atoms with Gasteiger partial charge in [0.15, 0.2) is 13.6 Å². The molecular formula is C34H28N2O4. The smallest absolute Gasteiger partial charge is 0.188 e. The summed E-state index contributed by atoms with van der Waals surface area (Å²) in [6.45, 7) is 0.134. The number of pyridine rings is 2. The van der Waals surface area contributed by atoms with Gasteiger partial charge in [0.05, 0.1) is 11.4 Å². The average molecular weight is 529 g/mol. The van der Waals surface area contributed by atoms with Crippen molar-refractivity contribution in [1.82, 2.24) is 9.97 Å². The first-order valence-electron chi connectivity index (χ1n) is 13.0. The van der Waals surface area contributed by atoms with Crippen LogP contribution in [0.5, 0.6) is 11.5 Å². The largest absolute Gasteiger partial charge is 0.466 e. The number of hydrogen-bond acceptors (Lipinski definition) is 6. The van der Waals surface area contributed by atoms with Gasteiger partial charge in [-0.2, -0.15) is 0 Å². The lowest BCUT2D eigenvalue weighted by atomic mass is 9.87. The summed E-state index contributed by atoms with van der Waals surface area (Å²) in [4.78, 5) is 9.35. The first-order chi connectivity index (χ1) is 19.8. The third-order valence-electron chi connectivity index (χ3n) is 6.78. The molecule has 40 heavy (non-hydrogen) atoms. The summed E-state index contributed by atoms with van der Waals surface area (Å²) in [5.74, 6) is 1.31. The minimum atomic E-state index is 0.0668. The first-order valence-corrected chi connectivity index (χ1v) is 13.0. The molecule has 6 heteroatoms. The van der Waals surface area contributed by atoms with Crippen molar-refractivity contribution in [2.45, 2.75) is 0 Å². The highest BCUT2D eigenvalue weighted by Crippen LogP contribution is 2.51. The maximum Gasteiger partial charge on any atom is 0.188 e. The second-order valence-electron chi connectivity index (χ2n) is 9.23. The molecule has 0 amide bonds. The third kappa shape index (κ3) is 4.75. The molecule has 6 rings (SSSR count). The second-order valence-corrected chi connectivity index (χ2v) is 9.23. The quantitative estimate of drug-likeness (QED) is 0.179. The maximum absolute atomic E-state index is 6.42. The van der Waals surface area contributed by atoms with Crippen LogP contribution in [-0.4, -0.2) is 37.8 Å². The average Bonchev–Trinajstić information content (AvgIpc) is 3.02. The van der Waals surface area contributed by atoms with E-state index < -0.39 is 0 Å². The molecule has 0 bridgehead atoms. The molecule has 2 heterocycles. The summed E-state index contributed by atoms with van der Waals surface area (Å²) in [5, 5.41) is 4.12. The number of nitrogens with zero attached hydrogens (tertiary/aromatic N) is 2. The van der Waals surface area contributed by atoms with Crippen LogP contribution in [0.2, 0.25) is 0 Å². The number of methoxy groups -OCH3 is 2. The highest BCUT2D eigenvalue weighted by Gasteiger charge is 2.26. The lowest BCUT2D eigenvalue weighted by molar-refractivity contribution is 0.0506. The van der Waals surface area contributed by atoms with Gasteiger partial charge in [0.25, 0.3) is 0 Å². The first kappa shape index (κ1) is 25.5. The summed E-state index contributed by atoms with van der Waals surface area (Å²) in [5.41, 5.74) is 5.08. The Kier molecular flexibility index (Phi) is 7.35. The van der Waals surface area contributed by atoms with E-state index in [9.17, 15) is 0 Å². The Balaban J connectivity index is 1.81. The van der Waals surface area contributed by atoms with Crippen molar-refractivity contribution in [3.8, 4) is 45.1 Å². The van der Waals surface area contributed by atoms with Crippen molar-refractivity contribution in [2.24, 2.45) is 0 Å². The third-order valence-corrected chi connectivity index (χ3v) is 6.78. The minimum absolute atomic E-state index is 0.0668. The molecule has 0 saturated heterocycles. The standard InChI is InChI=1S/C34H28N2O4/c1-37-21-39-33-27(29-15-7-9-17-35-29)19-23-11-3-5-13-25(23)31(33)32-26-14-6-4-12-24(26)20-28(34(32)40-22-38-2)30-16-8-10-18-36-30/h3-20H,21-22H2,1-2H3. The van der Waals surface area contributed by atoms with Crippen molar-refractivity contribution in [3.05, 3.63) is 109 Å². The molecule has 0 unspecified atom stereocenters. The van der Waals surface area contributed by atoms with Crippen LogP contribution in [0.15, 0.2) is 109 Å². The van der Waals surface area contributed by atoms with Gasteiger partial charge in [-0.3, -0.25) is 9.97 Å². The van der Waals surface area contributed by atoms with E-state index >= 15 is 0 Å². The highest BCUT2D eigenvalue weighted by atomic mass is 16.7. The molecule has 0 N–H and O–H groups in total. The Morgan fingerprint density at radius 1 is 0.525 bits per heavy atom. The van der Waals surface area contributed by atoms with Crippen molar-refractivity contribution in [3.63, 3.8) is 0 Å². The topological polar surface area (TPSA) is 62.7 Å². The molecule has 0 radical (unpaired) electrons. The van der Waals surface area contributed by atoms with Gasteiger partial charge in [0.1, 0.15) is 11.5 Å². The van der Waals surface area contributed by atoms with Crippen LogP contribution in [0.4, 0.5) is 0 Å². The Hall–Kier alpha value is -4.78. The van der Waals surface area contributed by atoms with Crippen LogP contribution < -0.4 is 9.47 Å². The van der Waals surface area contributed by atoms with Crippen molar-refractivity contribution >= 4 is 21.5 Å². The van der Waals surface area contributed by atoms with Gasteiger partial charge in [0.2, 0.25) is 0 Å². The Bertz CT molecular complexity index is 1640. The zero-order valence-electron chi connectivity index (χ0n) is 22.3. The number of hydrogen-bond donors (Lipinski definition) is 0. The van der Waals surface area contributed by atoms with Crippen LogP contribution in [0.25, 0.3) is 55.2 Å². The molecule has 6 aromatic rings. The van der Waals surface area contributed by atoms with Gasteiger partial charge in [-0.15, -0.1) is 0 Å². The molecule has 0 aliphatic heterocycles. The summed E-state index contributed by atoms with van der Waals surface area (Å²) in [7, 11) is 3.23. The van der Waals surface area contributed by atoms with Gasteiger partial charge in [-0.05, 0) is 57.9 Å². The van der Waals surface area contributed by atoms with E-state index in [1.807, 2.05) is 60.7 Å². The van der Waals surface area contributed by atoms with Crippen LogP contribution in [0.3, 0.4) is 0 Å². The van der Waals surface area contributed by atoms with Crippen LogP contribution in [-0.2, 0) is 9.47 Å². The number of ether oxygens (including phenoxy) is 4. The molecule has 0 saturated carbocycles. The minimum Gasteiger partial charge on any atom is -0.466 e. The van der Waals surface area contributed by atoms with Gasteiger partial charge in [-0.1, -0.05) is 60.7 Å². The summed E-state index contributed by atoms with van der Waals surface area (Å²) >= 11 is 0. The van der Waals surface area contributed by atoms with Gasteiger partial charge in [0, 0.05) is 48.9 Å². The number of fused-ring (bicyclic) bond motifs is 2. The van der Waals surface area contributed by atoms with Crippen molar-refractivity contribution in [2.75, 3.05) is 27.8 Å².